The molecule has 0 aromatic carbocycles. The monoisotopic (exact) mass is 136 g/mol. The fourth-order valence-electron chi connectivity index (χ4n) is 1.61. The lowest BCUT2D eigenvalue weighted by molar-refractivity contribution is 0.542. The van der Waals surface area contributed by atoms with Crippen molar-refractivity contribution in [3.05, 3.63) is 23.3 Å². The van der Waals surface area contributed by atoms with Gasteiger partial charge in [-0.1, -0.05) is 26.0 Å². The molecule has 0 heterocycles. The van der Waals surface area contributed by atoms with Gasteiger partial charge in [0.2, 0.25) is 0 Å². The summed E-state index contributed by atoms with van der Waals surface area (Å²) in [6, 6.07) is 0. The molecule has 0 fully saturated rings. The van der Waals surface area contributed by atoms with Gasteiger partial charge in [-0.25, -0.2) is 0 Å². The molecular weight excluding hydrogens is 120 g/mol. The fraction of sp³-hybridized carbons (Fsp3) is 0.600. The molecule has 0 aromatic heterocycles. The van der Waals surface area contributed by atoms with E-state index in [0.29, 0.717) is 11.8 Å². The molecule has 0 heteroatoms. The van der Waals surface area contributed by atoms with E-state index in [2.05, 4.69) is 34.3 Å². The van der Waals surface area contributed by atoms with Crippen LogP contribution in [-0.2, 0) is 0 Å². The standard InChI is InChI=1S/C10H16/c1-6-7(2)9(4)10(5)8(6)3/h7,9H,1H2,2-5H3/t7-,9+/m1/s1. The van der Waals surface area contributed by atoms with Crippen LogP contribution in [0.25, 0.3) is 0 Å². The van der Waals surface area contributed by atoms with Crippen molar-refractivity contribution in [3.8, 4) is 0 Å². The van der Waals surface area contributed by atoms with E-state index < -0.39 is 0 Å². The molecule has 0 saturated heterocycles. The van der Waals surface area contributed by atoms with Crippen LogP contribution in [0.15, 0.2) is 23.3 Å². The molecule has 0 nitrogen and oxygen atoms in total. The number of hydrogen-bond acceptors (Lipinski definition) is 0. The highest BCUT2D eigenvalue weighted by atomic mass is 14.3. The van der Waals surface area contributed by atoms with E-state index in [4.69, 9.17) is 0 Å². The summed E-state index contributed by atoms with van der Waals surface area (Å²) in [4.78, 5) is 0. The Morgan fingerprint density at radius 2 is 1.60 bits per heavy atom. The first-order valence-electron chi connectivity index (χ1n) is 3.92. The lowest BCUT2D eigenvalue weighted by atomic mass is 9.94. The molecule has 1 aliphatic carbocycles. The molecule has 0 spiro atoms. The highest BCUT2D eigenvalue weighted by molar-refractivity contribution is 5.40. The van der Waals surface area contributed by atoms with Gasteiger partial charge in [-0.05, 0) is 36.8 Å². The van der Waals surface area contributed by atoms with E-state index in [1.54, 1.807) is 0 Å². The van der Waals surface area contributed by atoms with Crippen molar-refractivity contribution in [1.29, 1.82) is 0 Å². The van der Waals surface area contributed by atoms with Gasteiger partial charge in [0.15, 0.2) is 0 Å². The van der Waals surface area contributed by atoms with E-state index in [9.17, 15) is 0 Å². The first kappa shape index (κ1) is 7.59. The lowest BCUT2D eigenvalue weighted by Crippen LogP contribution is -2.02. The van der Waals surface area contributed by atoms with Crippen molar-refractivity contribution in [3.63, 3.8) is 0 Å². The summed E-state index contributed by atoms with van der Waals surface area (Å²) >= 11 is 0. The zero-order valence-corrected chi connectivity index (χ0v) is 7.36. The van der Waals surface area contributed by atoms with E-state index >= 15 is 0 Å². The van der Waals surface area contributed by atoms with E-state index in [-0.39, 0.29) is 0 Å². The largest absolute Gasteiger partial charge is 0.0953 e. The van der Waals surface area contributed by atoms with E-state index in [1.807, 2.05) is 0 Å². The Labute approximate surface area is 63.6 Å². The van der Waals surface area contributed by atoms with E-state index in [1.165, 1.54) is 16.7 Å². The zero-order chi connectivity index (χ0) is 7.89. The van der Waals surface area contributed by atoms with Crippen LogP contribution in [-0.4, -0.2) is 0 Å². The summed E-state index contributed by atoms with van der Waals surface area (Å²) in [7, 11) is 0. The Kier molecular flexibility index (Phi) is 1.72. The Morgan fingerprint density at radius 1 is 1.10 bits per heavy atom. The van der Waals surface area contributed by atoms with Crippen LogP contribution < -0.4 is 0 Å². The van der Waals surface area contributed by atoms with Crippen LogP contribution in [0.3, 0.4) is 0 Å². The fourth-order valence-corrected chi connectivity index (χ4v) is 1.61. The summed E-state index contributed by atoms with van der Waals surface area (Å²) in [6.07, 6.45) is 0. The zero-order valence-electron chi connectivity index (χ0n) is 7.36. The SMILES string of the molecule is C=C1C(C)=C(C)[C@@H](C)[C@@H]1C. The lowest BCUT2D eigenvalue weighted by Gasteiger charge is -2.11. The molecule has 0 amide bonds. The van der Waals surface area contributed by atoms with Crippen LogP contribution in [0.5, 0.6) is 0 Å². The van der Waals surface area contributed by atoms with Gasteiger partial charge in [0.25, 0.3) is 0 Å². The second-order valence-electron chi connectivity index (χ2n) is 3.41. The quantitative estimate of drug-likeness (QED) is 0.480. The third-order valence-electron chi connectivity index (χ3n) is 3.06. The molecule has 0 bridgehead atoms. The number of rotatable bonds is 0. The highest BCUT2D eigenvalue weighted by Gasteiger charge is 2.26. The molecule has 0 saturated carbocycles. The van der Waals surface area contributed by atoms with Gasteiger partial charge in [-0.3, -0.25) is 0 Å². The van der Waals surface area contributed by atoms with Crippen molar-refractivity contribution in [2.45, 2.75) is 27.7 Å². The van der Waals surface area contributed by atoms with Gasteiger partial charge in [-0.2, -0.15) is 0 Å². The molecule has 0 unspecified atom stereocenters. The summed E-state index contributed by atoms with van der Waals surface area (Å²) < 4.78 is 0. The van der Waals surface area contributed by atoms with Crippen molar-refractivity contribution in [2.75, 3.05) is 0 Å². The normalized spacial score (nSPS) is 33.8. The number of hydrogen-bond donors (Lipinski definition) is 0. The Bertz CT molecular complexity index is 196. The van der Waals surface area contributed by atoms with E-state index in [0.717, 1.165) is 0 Å². The molecule has 1 aliphatic rings. The highest BCUT2D eigenvalue weighted by Crippen LogP contribution is 2.39. The third-order valence-corrected chi connectivity index (χ3v) is 3.06. The molecule has 0 aliphatic heterocycles. The van der Waals surface area contributed by atoms with Crippen LogP contribution in [0.4, 0.5) is 0 Å². The smallest absolute Gasteiger partial charge is 0.0131 e. The van der Waals surface area contributed by atoms with Crippen LogP contribution in [0.1, 0.15) is 27.7 Å². The molecule has 0 radical (unpaired) electrons. The van der Waals surface area contributed by atoms with Crippen molar-refractivity contribution < 1.29 is 0 Å². The Balaban J connectivity index is 2.99. The van der Waals surface area contributed by atoms with Crippen LogP contribution >= 0.6 is 0 Å². The topological polar surface area (TPSA) is 0 Å². The maximum atomic E-state index is 4.06. The minimum Gasteiger partial charge on any atom is -0.0953 e. The average molecular weight is 136 g/mol. The summed E-state index contributed by atoms with van der Waals surface area (Å²) in [6.45, 7) is 13.0. The maximum absolute atomic E-state index is 4.06. The van der Waals surface area contributed by atoms with Gasteiger partial charge in [0.05, 0.1) is 0 Å². The Morgan fingerprint density at radius 3 is 1.70 bits per heavy atom. The molecule has 2 atom stereocenters. The third kappa shape index (κ3) is 0.828. The van der Waals surface area contributed by atoms with Gasteiger partial charge < -0.3 is 0 Å². The first-order chi connectivity index (χ1) is 4.55. The molecule has 1 rings (SSSR count). The minimum atomic E-state index is 0.667. The van der Waals surface area contributed by atoms with Gasteiger partial charge in [0, 0.05) is 0 Å². The van der Waals surface area contributed by atoms with Gasteiger partial charge in [0.1, 0.15) is 0 Å². The molecule has 0 N–H and O–H groups in total. The molecule has 10 heavy (non-hydrogen) atoms. The predicted octanol–water partition coefficient (Wildman–Crippen LogP) is 3.16. The summed E-state index contributed by atoms with van der Waals surface area (Å²) in [5.74, 6) is 1.38. The van der Waals surface area contributed by atoms with Crippen molar-refractivity contribution in [1.82, 2.24) is 0 Å². The summed E-state index contributed by atoms with van der Waals surface area (Å²) in [5.41, 5.74) is 4.29. The predicted molar refractivity (Wildman–Crippen MR) is 45.8 cm³/mol. The van der Waals surface area contributed by atoms with Gasteiger partial charge in [-0.15, -0.1) is 0 Å². The Hall–Kier alpha value is -0.520. The second-order valence-corrected chi connectivity index (χ2v) is 3.41. The van der Waals surface area contributed by atoms with Gasteiger partial charge >= 0.3 is 0 Å². The maximum Gasteiger partial charge on any atom is -0.0131 e. The second kappa shape index (κ2) is 2.26. The minimum absolute atomic E-state index is 0.667. The molecule has 0 aromatic rings. The van der Waals surface area contributed by atoms with Crippen LogP contribution in [0, 0.1) is 11.8 Å². The average Bonchev–Trinajstić information content (AvgIpc) is 2.07. The molecular formula is C10H16. The van der Waals surface area contributed by atoms with Crippen molar-refractivity contribution in [2.24, 2.45) is 11.8 Å². The first-order valence-corrected chi connectivity index (χ1v) is 3.92. The van der Waals surface area contributed by atoms with Crippen LogP contribution in [0.2, 0.25) is 0 Å². The number of allylic oxidation sites excluding steroid dienone is 3. The summed E-state index contributed by atoms with van der Waals surface area (Å²) in [5, 5.41) is 0. The van der Waals surface area contributed by atoms with Crippen molar-refractivity contribution >= 4 is 0 Å². The molecule has 56 valence electrons.